The Morgan fingerprint density at radius 1 is 1.10 bits per heavy atom. The van der Waals surface area contributed by atoms with Crippen LogP contribution in [-0.4, -0.2) is 43.0 Å². The highest BCUT2D eigenvalue weighted by Crippen LogP contribution is 2.45. The van der Waals surface area contributed by atoms with Crippen molar-refractivity contribution in [2.24, 2.45) is 11.8 Å². The van der Waals surface area contributed by atoms with Crippen LogP contribution in [-0.2, 0) is 13.1 Å². The Bertz CT molecular complexity index is 1640. The minimum Gasteiger partial charge on any atom is -0.396 e. The Morgan fingerprint density at radius 2 is 1.88 bits per heavy atom. The molecule has 6 rings (SSSR count). The van der Waals surface area contributed by atoms with Gasteiger partial charge in [0.15, 0.2) is 5.82 Å². The minimum absolute atomic E-state index is 0.103. The number of carbonyl (C=O) groups is 1. The smallest absolute Gasteiger partial charge is 0.263 e. The molecule has 0 bridgehead atoms. The van der Waals surface area contributed by atoms with E-state index in [0.29, 0.717) is 25.6 Å². The highest BCUT2D eigenvalue weighted by Gasteiger charge is 2.45. The van der Waals surface area contributed by atoms with Gasteiger partial charge in [-0.2, -0.15) is 0 Å². The zero-order valence-corrected chi connectivity index (χ0v) is 23.1. The van der Waals surface area contributed by atoms with Crippen LogP contribution in [0, 0.1) is 23.5 Å². The predicted octanol–water partition coefficient (Wildman–Crippen LogP) is 4.72. The summed E-state index contributed by atoms with van der Waals surface area (Å²) < 4.78 is 31.4. The van der Waals surface area contributed by atoms with Gasteiger partial charge in [0, 0.05) is 18.3 Å². The molecule has 2 unspecified atom stereocenters. The van der Waals surface area contributed by atoms with Crippen LogP contribution in [0.25, 0.3) is 11.3 Å². The number of benzene rings is 2. The summed E-state index contributed by atoms with van der Waals surface area (Å²) in [5.41, 5.74) is 6.77. The first-order valence-electron chi connectivity index (χ1n) is 13.2. The minimum atomic E-state index is -0.897. The van der Waals surface area contributed by atoms with E-state index in [1.54, 1.807) is 38.7 Å². The number of amides is 1. The molecular formula is C29H27BrF2N6O2. The molecule has 1 aliphatic carbocycles. The lowest BCUT2D eigenvalue weighted by Gasteiger charge is -2.28. The SMILES string of the molecule is Nc1c(-c2cn(CC3C(C4CC4)CCN3C(=O)c3cccn(Cc4ccccc4)c3=O)nn2)cc(F)c(Br)c1F. The van der Waals surface area contributed by atoms with E-state index in [1.165, 1.54) is 0 Å². The summed E-state index contributed by atoms with van der Waals surface area (Å²) in [5.74, 6) is -1.21. The van der Waals surface area contributed by atoms with Crippen LogP contribution in [0.5, 0.6) is 0 Å². The van der Waals surface area contributed by atoms with Crippen LogP contribution in [0.15, 0.2) is 70.2 Å². The van der Waals surface area contributed by atoms with Crippen molar-refractivity contribution in [2.75, 3.05) is 12.3 Å². The fourth-order valence-corrected chi connectivity index (χ4v) is 6.05. The molecule has 2 aromatic heterocycles. The molecule has 2 aliphatic rings. The maximum atomic E-state index is 14.4. The van der Waals surface area contributed by atoms with Crippen molar-refractivity contribution in [3.8, 4) is 11.3 Å². The second kappa shape index (κ2) is 10.6. The third kappa shape index (κ3) is 4.94. The molecule has 4 aromatic rings. The lowest BCUT2D eigenvalue weighted by atomic mass is 9.94. The van der Waals surface area contributed by atoms with Crippen molar-refractivity contribution in [3.63, 3.8) is 0 Å². The van der Waals surface area contributed by atoms with E-state index in [-0.39, 0.29) is 50.4 Å². The Morgan fingerprint density at radius 3 is 2.62 bits per heavy atom. The number of carbonyl (C=O) groups excluding carboxylic acids is 1. The van der Waals surface area contributed by atoms with Crippen LogP contribution in [0.3, 0.4) is 0 Å². The molecular weight excluding hydrogens is 582 g/mol. The van der Waals surface area contributed by atoms with E-state index in [9.17, 15) is 18.4 Å². The molecule has 1 saturated carbocycles. The maximum Gasteiger partial charge on any atom is 0.263 e. The number of nitrogens with zero attached hydrogens (tertiary/aromatic N) is 5. The summed E-state index contributed by atoms with van der Waals surface area (Å²) in [6.07, 6.45) is 6.32. The van der Waals surface area contributed by atoms with E-state index in [1.807, 2.05) is 30.3 Å². The number of hydrogen-bond donors (Lipinski definition) is 1. The van der Waals surface area contributed by atoms with Gasteiger partial charge in [-0.3, -0.25) is 9.59 Å². The Balaban J connectivity index is 1.27. The first kappa shape index (κ1) is 26.4. The van der Waals surface area contributed by atoms with Gasteiger partial charge in [0.25, 0.3) is 11.5 Å². The Labute approximate surface area is 237 Å². The average molecular weight is 609 g/mol. The summed E-state index contributed by atoms with van der Waals surface area (Å²) in [6, 6.07) is 13.8. The highest BCUT2D eigenvalue weighted by atomic mass is 79.9. The highest BCUT2D eigenvalue weighted by molar-refractivity contribution is 9.10. The van der Waals surface area contributed by atoms with Crippen molar-refractivity contribution in [3.05, 3.63) is 98.5 Å². The summed E-state index contributed by atoms with van der Waals surface area (Å²) in [7, 11) is 0. The molecule has 2 fully saturated rings. The van der Waals surface area contributed by atoms with Gasteiger partial charge in [-0.05, 0) is 70.8 Å². The van der Waals surface area contributed by atoms with Gasteiger partial charge >= 0.3 is 0 Å². The van der Waals surface area contributed by atoms with Crippen molar-refractivity contribution >= 4 is 27.5 Å². The first-order valence-corrected chi connectivity index (χ1v) is 14.0. The second-order valence-electron chi connectivity index (χ2n) is 10.5. The molecule has 8 nitrogen and oxygen atoms in total. The zero-order valence-electron chi connectivity index (χ0n) is 21.5. The lowest BCUT2D eigenvalue weighted by molar-refractivity contribution is 0.0690. The van der Waals surface area contributed by atoms with Gasteiger partial charge in [-0.15, -0.1) is 5.10 Å². The van der Waals surface area contributed by atoms with Gasteiger partial charge in [0.05, 0.1) is 35.5 Å². The molecule has 0 radical (unpaired) electrons. The number of aromatic nitrogens is 4. The number of nitrogen functional groups attached to an aromatic ring is 1. The standard InChI is InChI=1S/C29H27BrF2N6O2/c30-25-22(31)13-21(27(33)26(25)32)23-15-37(35-34-23)16-24-19(18-8-9-18)10-12-38(24)29(40)20-7-4-11-36(28(20)39)14-17-5-2-1-3-6-17/h1-7,11,13,15,18-19,24H,8-10,12,14,16,33H2. The third-order valence-electron chi connectivity index (χ3n) is 7.92. The van der Waals surface area contributed by atoms with Gasteiger partial charge < -0.3 is 15.2 Å². The number of hydrogen-bond acceptors (Lipinski definition) is 5. The van der Waals surface area contributed by atoms with Crippen LogP contribution in [0.1, 0.15) is 35.2 Å². The average Bonchev–Trinajstić information content (AvgIpc) is 3.56. The van der Waals surface area contributed by atoms with Crippen molar-refractivity contribution in [1.82, 2.24) is 24.5 Å². The summed E-state index contributed by atoms with van der Waals surface area (Å²) in [4.78, 5) is 28.9. The lowest BCUT2D eigenvalue weighted by Crippen LogP contribution is -2.43. The molecule has 2 atom stereocenters. The molecule has 1 aliphatic heterocycles. The van der Waals surface area contributed by atoms with E-state index in [2.05, 4.69) is 26.2 Å². The zero-order chi connectivity index (χ0) is 28.0. The fourth-order valence-electron chi connectivity index (χ4n) is 5.72. The number of anilines is 1. The van der Waals surface area contributed by atoms with Crippen molar-refractivity contribution < 1.29 is 13.6 Å². The summed E-state index contributed by atoms with van der Waals surface area (Å²) >= 11 is 2.86. The van der Waals surface area contributed by atoms with E-state index < -0.39 is 11.6 Å². The molecule has 1 saturated heterocycles. The summed E-state index contributed by atoms with van der Waals surface area (Å²) in [5, 5.41) is 8.30. The Kier molecular flexibility index (Phi) is 6.99. The van der Waals surface area contributed by atoms with Crippen LogP contribution in [0.4, 0.5) is 14.5 Å². The molecule has 3 heterocycles. The summed E-state index contributed by atoms with van der Waals surface area (Å²) in [6.45, 7) is 1.25. The predicted molar refractivity (Wildman–Crippen MR) is 149 cm³/mol. The second-order valence-corrected chi connectivity index (χ2v) is 11.3. The van der Waals surface area contributed by atoms with Crippen LogP contribution < -0.4 is 11.3 Å². The van der Waals surface area contributed by atoms with Crippen LogP contribution >= 0.6 is 15.9 Å². The molecule has 206 valence electrons. The monoisotopic (exact) mass is 608 g/mol. The van der Waals surface area contributed by atoms with Gasteiger partial charge in [0.1, 0.15) is 17.1 Å². The molecule has 40 heavy (non-hydrogen) atoms. The molecule has 11 heteroatoms. The fraction of sp³-hybridized carbons (Fsp3) is 0.310. The van der Waals surface area contributed by atoms with Gasteiger partial charge in [-0.1, -0.05) is 35.5 Å². The third-order valence-corrected chi connectivity index (χ3v) is 8.65. The molecule has 2 aromatic carbocycles. The van der Waals surface area contributed by atoms with E-state index in [4.69, 9.17) is 5.73 Å². The topological polar surface area (TPSA) is 99.0 Å². The number of nitrogens with two attached hydrogens (primary N) is 1. The van der Waals surface area contributed by atoms with Gasteiger partial charge in [-0.25, -0.2) is 13.5 Å². The quantitative estimate of drug-likeness (QED) is 0.242. The maximum absolute atomic E-state index is 14.4. The normalized spacial score (nSPS) is 18.8. The number of pyridine rings is 1. The van der Waals surface area contributed by atoms with E-state index in [0.717, 1.165) is 30.9 Å². The van der Waals surface area contributed by atoms with E-state index >= 15 is 0 Å². The molecule has 2 N–H and O–H groups in total. The number of halogens is 3. The first-order chi connectivity index (χ1) is 19.3. The number of rotatable bonds is 7. The number of likely N-dealkylation sites (tertiary alicyclic amines) is 1. The largest absolute Gasteiger partial charge is 0.396 e. The van der Waals surface area contributed by atoms with Crippen molar-refractivity contribution in [2.45, 2.75) is 38.4 Å². The van der Waals surface area contributed by atoms with Crippen molar-refractivity contribution in [1.29, 1.82) is 0 Å². The Hall–Kier alpha value is -3.86. The van der Waals surface area contributed by atoms with Crippen LogP contribution in [0.2, 0.25) is 0 Å². The molecule has 0 spiro atoms. The van der Waals surface area contributed by atoms with Gasteiger partial charge in [0.2, 0.25) is 0 Å². The molecule has 1 amide bonds.